The number of carbonyl (C=O) groups excluding carboxylic acids is 1. The number of hydrogen-bond acceptors (Lipinski definition) is 7. The van der Waals surface area contributed by atoms with E-state index in [0.717, 1.165) is 41.4 Å². The molecule has 1 fully saturated rings. The van der Waals surface area contributed by atoms with Gasteiger partial charge in [0.1, 0.15) is 19.8 Å². The lowest BCUT2D eigenvalue weighted by molar-refractivity contribution is -0.118. The molecule has 0 saturated carbocycles. The molecule has 2 aromatic carbocycles. The highest BCUT2D eigenvalue weighted by Crippen LogP contribution is 2.34. The van der Waals surface area contributed by atoms with Gasteiger partial charge in [0.05, 0.1) is 19.0 Å². The zero-order valence-electron chi connectivity index (χ0n) is 17.6. The SMILES string of the molecule is COc1cc(CNC(=O)CSc2ccc3c(c2)OCCO3)ccc1OCC1CCCO1. The molecular weight excluding hydrogens is 418 g/mol. The van der Waals surface area contributed by atoms with Crippen LogP contribution in [0.5, 0.6) is 23.0 Å². The van der Waals surface area contributed by atoms with Crippen LogP contribution in [0.25, 0.3) is 0 Å². The quantitative estimate of drug-likeness (QED) is 0.593. The number of amides is 1. The number of methoxy groups -OCH3 is 1. The molecule has 31 heavy (non-hydrogen) atoms. The van der Waals surface area contributed by atoms with E-state index in [0.29, 0.717) is 43.6 Å². The number of hydrogen-bond donors (Lipinski definition) is 1. The van der Waals surface area contributed by atoms with Crippen LogP contribution in [0.2, 0.25) is 0 Å². The number of rotatable bonds is 9. The van der Waals surface area contributed by atoms with Gasteiger partial charge in [0, 0.05) is 18.0 Å². The summed E-state index contributed by atoms with van der Waals surface area (Å²) in [7, 11) is 1.61. The van der Waals surface area contributed by atoms with Crippen molar-refractivity contribution < 1.29 is 28.5 Å². The summed E-state index contributed by atoms with van der Waals surface area (Å²) in [5.74, 6) is 3.08. The first-order valence-corrected chi connectivity index (χ1v) is 11.4. The standard InChI is InChI=1S/C23H27NO6S/c1-26-21-11-16(4-6-19(21)30-14-17-3-2-8-27-17)13-24-23(25)15-31-18-5-7-20-22(12-18)29-10-9-28-20/h4-7,11-12,17H,2-3,8-10,13-15H2,1H3,(H,24,25). The highest BCUT2D eigenvalue weighted by molar-refractivity contribution is 8.00. The lowest BCUT2D eigenvalue weighted by atomic mass is 10.2. The van der Waals surface area contributed by atoms with Crippen molar-refractivity contribution in [1.29, 1.82) is 0 Å². The van der Waals surface area contributed by atoms with Gasteiger partial charge in [-0.1, -0.05) is 6.07 Å². The van der Waals surface area contributed by atoms with Crippen molar-refractivity contribution >= 4 is 17.7 Å². The van der Waals surface area contributed by atoms with Crippen LogP contribution in [-0.2, 0) is 16.1 Å². The topological polar surface area (TPSA) is 75.3 Å². The molecular formula is C23H27NO6S. The van der Waals surface area contributed by atoms with Gasteiger partial charge in [0.2, 0.25) is 5.91 Å². The predicted octanol–water partition coefficient (Wildman–Crippen LogP) is 3.43. The number of benzene rings is 2. The summed E-state index contributed by atoms with van der Waals surface area (Å²) in [6.45, 7) is 2.85. The molecule has 2 aromatic rings. The maximum atomic E-state index is 12.3. The van der Waals surface area contributed by atoms with Gasteiger partial charge in [0.25, 0.3) is 0 Å². The van der Waals surface area contributed by atoms with Gasteiger partial charge in [-0.15, -0.1) is 11.8 Å². The number of fused-ring (bicyclic) bond motifs is 1. The van der Waals surface area contributed by atoms with E-state index in [-0.39, 0.29) is 12.0 Å². The largest absolute Gasteiger partial charge is 0.493 e. The molecule has 0 aliphatic carbocycles. The molecule has 0 radical (unpaired) electrons. The molecule has 4 rings (SSSR count). The average Bonchev–Trinajstić information content (AvgIpc) is 3.34. The number of thioether (sulfide) groups is 1. The molecule has 7 nitrogen and oxygen atoms in total. The molecule has 166 valence electrons. The summed E-state index contributed by atoms with van der Waals surface area (Å²) >= 11 is 1.46. The molecule has 1 unspecified atom stereocenters. The van der Waals surface area contributed by atoms with Gasteiger partial charge in [-0.2, -0.15) is 0 Å². The second-order valence-electron chi connectivity index (χ2n) is 7.30. The van der Waals surface area contributed by atoms with Gasteiger partial charge < -0.3 is 29.0 Å². The fourth-order valence-corrected chi connectivity index (χ4v) is 4.17. The van der Waals surface area contributed by atoms with E-state index in [1.165, 1.54) is 11.8 Å². The summed E-state index contributed by atoms with van der Waals surface area (Å²) in [4.78, 5) is 13.3. The number of carbonyl (C=O) groups is 1. The van der Waals surface area contributed by atoms with Crippen LogP contribution >= 0.6 is 11.8 Å². The Kier molecular flexibility index (Phi) is 7.43. The van der Waals surface area contributed by atoms with E-state index in [9.17, 15) is 4.79 Å². The van der Waals surface area contributed by atoms with Crippen molar-refractivity contribution in [3.63, 3.8) is 0 Å². The normalized spacial score (nSPS) is 17.3. The van der Waals surface area contributed by atoms with Crippen LogP contribution in [0.15, 0.2) is 41.3 Å². The second-order valence-corrected chi connectivity index (χ2v) is 8.35. The molecule has 1 saturated heterocycles. The van der Waals surface area contributed by atoms with E-state index < -0.39 is 0 Å². The second kappa shape index (κ2) is 10.6. The Labute approximate surface area is 186 Å². The lowest BCUT2D eigenvalue weighted by Crippen LogP contribution is -2.24. The van der Waals surface area contributed by atoms with Crippen LogP contribution in [0.1, 0.15) is 18.4 Å². The van der Waals surface area contributed by atoms with Crippen molar-refractivity contribution in [3.05, 3.63) is 42.0 Å². The fraction of sp³-hybridized carbons (Fsp3) is 0.435. The third-order valence-corrected chi connectivity index (χ3v) is 6.04. The average molecular weight is 446 g/mol. The van der Waals surface area contributed by atoms with E-state index in [2.05, 4.69) is 5.32 Å². The Balaban J connectivity index is 1.24. The zero-order chi connectivity index (χ0) is 21.5. The Morgan fingerprint density at radius 2 is 1.97 bits per heavy atom. The van der Waals surface area contributed by atoms with Crippen LogP contribution < -0.4 is 24.3 Å². The van der Waals surface area contributed by atoms with Crippen molar-refractivity contribution in [1.82, 2.24) is 5.32 Å². The van der Waals surface area contributed by atoms with Crippen molar-refractivity contribution in [3.8, 4) is 23.0 Å². The molecule has 0 aromatic heterocycles. The molecule has 2 aliphatic heterocycles. The first kappa shape index (κ1) is 21.6. The summed E-state index contributed by atoms with van der Waals surface area (Å²) in [5, 5.41) is 2.95. The Morgan fingerprint density at radius 1 is 1.10 bits per heavy atom. The smallest absolute Gasteiger partial charge is 0.230 e. The maximum absolute atomic E-state index is 12.3. The van der Waals surface area contributed by atoms with Gasteiger partial charge in [-0.3, -0.25) is 4.79 Å². The van der Waals surface area contributed by atoms with Crippen LogP contribution in [0.4, 0.5) is 0 Å². The molecule has 8 heteroatoms. The minimum atomic E-state index is -0.0439. The van der Waals surface area contributed by atoms with Crippen molar-refractivity contribution in [2.45, 2.75) is 30.4 Å². The molecule has 0 bridgehead atoms. The Hall–Kier alpha value is -2.58. The third kappa shape index (κ3) is 5.98. The molecule has 1 amide bonds. The first-order valence-electron chi connectivity index (χ1n) is 10.4. The van der Waals surface area contributed by atoms with Gasteiger partial charge in [0.15, 0.2) is 23.0 Å². The minimum Gasteiger partial charge on any atom is -0.493 e. The molecule has 2 heterocycles. The fourth-order valence-electron chi connectivity index (χ4n) is 3.41. The lowest BCUT2D eigenvalue weighted by Gasteiger charge is -2.18. The first-order chi connectivity index (χ1) is 15.2. The number of ether oxygens (including phenoxy) is 5. The summed E-state index contributed by atoms with van der Waals surface area (Å²) in [6, 6.07) is 11.4. The van der Waals surface area contributed by atoms with Crippen LogP contribution in [-0.4, -0.2) is 51.3 Å². The predicted molar refractivity (Wildman–Crippen MR) is 117 cm³/mol. The summed E-state index contributed by atoms with van der Waals surface area (Å²) in [6.07, 6.45) is 2.25. The van der Waals surface area contributed by atoms with E-state index in [4.69, 9.17) is 23.7 Å². The maximum Gasteiger partial charge on any atom is 0.230 e. The van der Waals surface area contributed by atoms with Crippen molar-refractivity contribution in [2.75, 3.05) is 39.3 Å². The molecule has 1 N–H and O–H groups in total. The van der Waals surface area contributed by atoms with E-state index in [1.807, 2.05) is 36.4 Å². The Morgan fingerprint density at radius 3 is 2.77 bits per heavy atom. The third-order valence-electron chi connectivity index (χ3n) is 5.05. The van der Waals surface area contributed by atoms with Crippen LogP contribution in [0, 0.1) is 0 Å². The van der Waals surface area contributed by atoms with E-state index >= 15 is 0 Å². The highest BCUT2D eigenvalue weighted by atomic mass is 32.2. The monoisotopic (exact) mass is 445 g/mol. The highest BCUT2D eigenvalue weighted by Gasteiger charge is 2.17. The van der Waals surface area contributed by atoms with Gasteiger partial charge in [-0.05, 0) is 48.7 Å². The number of nitrogens with one attached hydrogen (secondary N) is 1. The summed E-state index contributed by atoms with van der Waals surface area (Å²) < 4.78 is 28.0. The molecule has 0 spiro atoms. The zero-order valence-corrected chi connectivity index (χ0v) is 18.4. The van der Waals surface area contributed by atoms with E-state index in [1.54, 1.807) is 7.11 Å². The van der Waals surface area contributed by atoms with Gasteiger partial charge in [-0.25, -0.2) is 0 Å². The Bertz CT molecular complexity index is 900. The van der Waals surface area contributed by atoms with Crippen LogP contribution in [0.3, 0.4) is 0 Å². The molecule has 1 atom stereocenters. The van der Waals surface area contributed by atoms with Crippen molar-refractivity contribution in [2.24, 2.45) is 0 Å². The minimum absolute atomic E-state index is 0.0439. The molecule has 2 aliphatic rings. The van der Waals surface area contributed by atoms with Gasteiger partial charge >= 0.3 is 0 Å². The summed E-state index contributed by atoms with van der Waals surface area (Å²) in [5.41, 5.74) is 0.944.